The Kier molecular flexibility index (Phi) is 5.06. The van der Waals surface area contributed by atoms with Crippen LogP contribution in [-0.2, 0) is 9.59 Å². The fourth-order valence-electron chi connectivity index (χ4n) is 2.30. The number of benzene rings is 1. The van der Waals surface area contributed by atoms with Crippen molar-refractivity contribution in [2.45, 2.75) is 12.5 Å². The number of nitrogens with zero attached hydrogens (tertiary/aromatic N) is 2. The Labute approximate surface area is 137 Å². The van der Waals surface area contributed by atoms with E-state index in [1.54, 1.807) is 18.2 Å². The van der Waals surface area contributed by atoms with Crippen molar-refractivity contribution in [2.75, 3.05) is 0 Å². The second kappa shape index (κ2) is 7.19. The third-order valence-electron chi connectivity index (χ3n) is 3.41. The Balaban J connectivity index is 0.000000256. The van der Waals surface area contributed by atoms with Crippen molar-refractivity contribution in [3.63, 3.8) is 0 Å². The average Bonchev–Trinajstić information content (AvgIpc) is 2.95. The summed E-state index contributed by atoms with van der Waals surface area (Å²) in [6, 6.07) is 10.8. The van der Waals surface area contributed by atoms with Crippen molar-refractivity contribution in [1.82, 2.24) is 0 Å². The Bertz CT molecular complexity index is 879. The highest BCUT2D eigenvalue weighted by Crippen LogP contribution is 2.38. The number of rotatable bonds is 2. The Morgan fingerprint density at radius 1 is 1.17 bits per heavy atom. The summed E-state index contributed by atoms with van der Waals surface area (Å²) in [4.78, 5) is 22.8. The third-order valence-corrected chi connectivity index (χ3v) is 3.41. The van der Waals surface area contributed by atoms with Gasteiger partial charge in [0.15, 0.2) is 6.10 Å². The molecule has 0 aromatic heterocycles. The molecule has 0 saturated carbocycles. The average molecular weight is 320 g/mol. The third kappa shape index (κ3) is 3.30. The van der Waals surface area contributed by atoms with Gasteiger partial charge in [0.05, 0.1) is 18.6 Å². The molecule has 0 heterocycles. The molecule has 0 aliphatic heterocycles. The fraction of sp³-hybridized carbons (Fsp3) is 0.111. The van der Waals surface area contributed by atoms with Crippen molar-refractivity contribution in [2.24, 2.45) is 0 Å². The van der Waals surface area contributed by atoms with Crippen LogP contribution in [0.4, 0.5) is 0 Å². The van der Waals surface area contributed by atoms with Crippen molar-refractivity contribution in [3.05, 3.63) is 58.7 Å². The van der Waals surface area contributed by atoms with Gasteiger partial charge in [-0.05, 0) is 28.9 Å². The molecule has 0 amide bonds. The normalized spacial score (nSPS) is 15.1. The van der Waals surface area contributed by atoms with Gasteiger partial charge in [-0.25, -0.2) is 4.79 Å². The summed E-state index contributed by atoms with van der Waals surface area (Å²) < 4.78 is 0. The van der Waals surface area contributed by atoms with Crippen LogP contribution in [0.5, 0.6) is 0 Å². The lowest BCUT2D eigenvalue weighted by molar-refractivity contribution is -0.134. The standard InChI is InChI=1S/C14H8O3.C4H4N2O/c15-13-11(14(16)17)6-5-10-9-4-2-1-3-8(9)7-12(10)13;5-2-1-4(7)3-6/h1-7H,(H,16,17);4,7H,1H2. The Morgan fingerprint density at radius 2 is 1.88 bits per heavy atom. The van der Waals surface area contributed by atoms with E-state index in [2.05, 4.69) is 0 Å². The molecule has 3 rings (SSSR count). The Hall–Kier alpha value is -3.48. The molecule has 2 aliphatic carbocycles. The van der Waals surface area contributed by atoms with Gasteiger partial charge < -0.3 is 10.2 Å². The number of carbonyl (C=O) groups is 2. The molecule has 0 spiro atoms. The summed E-state index contributed by atoms with van der Waals surface area (Å²) in [5.41, 5.74) is 3.06. The van der Waals surface area contributed by atoms with Gasteiger partial charge in [-0.3, -0.25) is 4.79 Å². The van der Waals surface area contributed by atoms with Gasteiger partial charge in [0, 0.05) is 5.57 Å². The number of Topliss-reactive ketones (excluding diaryl/α,β-unsaturated/α-hetero) is 1. The molecule has 1 unspecified atom stereocenters. The van der Waals surface area contributed by atoms with E-state index in [1.165, 1.54) is 12.1 Å². The molecule has 1 aromatic rings. The zero-order valence-electron chi connectivity index (χ0n) is 12.4. The first-order valence-corrected chi connectivity index (χ1v) is 6.95. The van der Waals surface area contributed by atoms with Gasteiger partial charge in [0.25, 0.3) is 0 Å². The molecule has 118 valence electrons. The number of aliphatic carboxylic acids is 1. The van der Waals surface area contributed by atoms with E-state index in [4.69, 9.17) is 20.7 Å². The number of hydrogen-bond acceptors (Lipinski definition) is 5. The van der Waals surface area contributed by atoms with Crippen molar-refractivity contribution < 1.29 is 19.8 Å². The van der Waals surface area contributed by atoms with E-state index in [0.717, 1.165) is 16.7 Å². The largest absolute Gasteiger partial charge is 0.478 e. The van der Waals surface area contributed by atoms with E-state index in [1.807, 2.05) is 24.3 Å². The first-order chi connectivity index (χ1) is 11.5. The van der Waals surface area contributed by atoms with E-state index < -0.39 is 17.9 Å². The van der Waals surface area contributed by atoms with Gasteiger partial charge in [-0.15, -0.1) is 0 Å². The number of hydrogen-bond donors (Lipinski definition) is 2. The lowest BCUT2D eigenvalue weighted by atomic mass is 9.91. The van der Waals surface area contributed by atoms with Crippen LogP contribution in [0.3, 0.4) is 0 Å². The summed E-state index contributed by atoms with van der Waals surface area (Å²) in [5.74, 6) is -1.59. The molecule has 0 fully saturated rings. The molecule has 24 heavy (non-hydrogen) atoms. The van der Waals surface area contributed by atoms with Gasteiger partial charge in [0.2, 0.25) is 5.78 Å². The molecule has 1 aromatic carbocycles. The first-order valence-electron chi connectivity index (χ1n) is 6.95. The topological polar surface area (TPSA) is 122 Å². The maximum Gasteiger partial charge on any atom is 0.339 e. The minimum atomic E-state index is -1.18. The second-order valence-corrected chi connectivity index (χ2v) is 4.95. The minimum absolute atomic E-state index is 0.101. The lowest BCUT2D eigenvalue weighted by Gasteiger charge is -2.10. The molecule has 2 N–H and O–H groups in total. The van der Waals surface area contributed by atoms with Crippen molar-refractivity contribution in [3.8, 4) is 12.1 Å². The highest BCUT2D eigenvalue weighted by atomic mass is 16.4. The van der Waals surface area contributed by atoms with E-state index >= 15 is 0 Å². The maximum atomic E-state index is 12.0. The van der Waals surface area contributed by atoms with Gasteiger partial charge in [-0.1, -0.05) is 30.3 Å². The highest BCUT2D eigenvalue weighted by Gasteiger charge is 2.30. The van der Waals surface area contributed by atoms with Crippen LogP contribution in [0.1, 0.15) is 17.5 Å². The van der Waals surface area contributed by atoms with Crippen LogP contribution in [0.2, 0.25) is 0 Å². The van der Waals surface area contributed by atoms with Crippen LogP contribution in [-0.4, -0.2) is 28.1 Å². The van der Waals surface area contributed by atoms with E-state index in [0.29, 0.717) is 5.57 Å². The monoisotopic (exact) mass is 320 g/mol. The predicted molar refractivity (Wildman–Crippen MR) is 85.0 cm³/mol. The molecule has 2 aliphatic rings. The van der Waals surface area contributed by atoms with Gasteiger partial charge >= 0.3 is 5.97 Å². The molecular formula is C18H12N2O4. The quantitative estimate of drug-likeness (QED) is 0.633. The second-order valence-electron chi connectivity index (χ2n) is 4.95. The summed E-state index contributed by atoms with van der Waals surface area (Å²) in [5, 5.41) is 32.8. The van der Waals surface area contributed by atoms with Crippen LogP contribution >= 0.6 is 0 Å². The molecule has 0 bridgehead atoms. The van der Waals surface area contributed by atoms with Crippen LogP contribution in [0, 0.1) is 22.7 Å². The van der Waals surface area contributed by atoms with Crippen LogP contribution in [0.15, 0.2) is 47.6 Å². The van der Waals surface area contributed by atoms with E-state index in [9.17, 15) is 9.59 Å². The zero-order chi connectivity index (χ0) is 17.7. The Morgan fingerprint density at radius 3 is 2.46 bits per heavy atom. The number of allylic oxidation sites excluding steroid dienone is 4. The number of aliphatic hydroxyl groups is 1. The minimum Gasteiger partial charge on any atom is -0.478 e. The molecule has 6 heteroatoms. The number of ketones is 1. The summed E-state index contributed by atoms with van der Waals surface area (Å²) in [6.07, 6.45) is 3.61. The van der Waals surface area contributed by atoms with Crippen molar-refractivity contribution in [1.29, 1.82) is 10.5 Å². The molecule has 1 atom stereocenters. The molecule has 0 saturated heterocycles. The number of fused-ring (bicyclic) bond motifs is 3. The van der Waals surface area contributed by atoms with Gasteiger partial charge in [-0.2, -0.15) is 10.5 Å². The molecule has 6 nitrogen and oxygen atoms in total. The summed E-state index contributed by atoms with van der Waals surface area (Å²) in [6.45, 7) is 0. The maximum absolute atomic E-state index is 12.0. The molecular weight excluding hydrogens is 308 g/mol. The van der Waals surface area contributed by atoms with Crippen LogP contribution < -0.4 is 0 Å². The fourth-order valence-corrected chi connectivity index (χ4v) is 2.30. The SMILES string of the molecule is N#CCC(O)C#N.O=C(O)C1=CC=C2C(=Cc3ccccc32)C1=O. The predicted octanol–water partition coefficient (Wildman–Crippen LogP) is 1.85. The highest BCUT2D eigenvalue weighted by molar-refractivity contribution is 6.33. The first kappa shape index (κ1) is 16.9. The molecule has 0 radical (unpaired) electrons. The number of aliphatic hydroxyl groups excluding tert-OH is 1. The number of nitriles is 2. The summed E-state index contributed by atoms with van der Waals surface area (Å²) in [7, 11) is 0. The zero-order valence-corrected chi connectivity index (χ0v) is 12.4. The number of carbonyl (C=O) groups excluding carboxylic acids is 1. The number of carboxylic acids is 1. The smallest absolute Gasteiger partial charge is 0.339 e. The summed E-state index contributed by atoms with van der Waals surface area (Å²) >= 11 is 0. The number of carboxylic acid groups (broad SMARTS) is 1. The van der Waals surface area contributed by atoms with E-state index in [-0.39, 0.29) is 12.0 Å². The van der Waals surface area contributed by atoms with Gasteiger partial charge in [0.1, 0.15) is 5.57 Å². The van der Waals surface area contributed by atoms with Crippen LogP contribution in [0.25, 0.3) is 11.6 Å². The lowest BCUT2D eigenvalue weighted by Crippen LogP contribution is -2.16. The van der Waals surface area contributed by atoms with Crippen molar-refractivity contribution >= 4 is 23.4 Å².